The summed E-state index contributed by atoms with van der Waals surface area (Å²) >= 11 is 0. The second kappa shape index (κ2) is 5.53. The number of hydrogen-bond acceptors (Lipinski definition) is 1. The average Bonchev–Trinajstić information content (AvgIpc) is 2.39. The Bertz CT molecular complexity index is 509. The quantitative estimate of drug-likeness (QED) is 0.820. The minimum absolute atomic E-state index is 0.380. The zero-order chi connectivity index (χ0) is 13.0. The fourth-order valence-corrected chi connectivity index (χ4v) is 2.11. The lowest BCUT2D eigenvalue weighted by Gasteiger charge is -2.23. The van der Waals surface area contributed by atoms with Crippen molar-refractivity contribution in [2.45, 2.75) is 33.7 Å². The lowest BCUT2D eigenvalue weighted by molar-refractivity contribution is 0.328. The van der Waals surface area contributed by atoms with Crippen LogP contribution in [0.2, 0.25) is 0 Å². The molecule has 0 aliphatic rings. The van der Waals surface area contributed by atoms with Crippen LogP contribution in [0.15, 0.2) is 42.5 Å². The molecule has 0 spiro atoms. The molecule has 0 aromatic heterocycles. The third-order valence-electron chi connectivity index (χ3n) is 3.76. The molecule has 1 heteroatoms. The summed E-state index contributed by atoms with van der Waals surface area (Å²) in [5.41, 5.74) is 1.77. The van der Waals surface area contributed by atoms with Crippen molar-refractivity contribution in [3.63, 3.8) is 0 Å². The molecule has 0 atom stereocenters. The van der Waals surface area contributed by atoms with Gasteiger partial charge in [0.25, 0.3) is 0 Å². The standard InChI is InChI=1S/C17H23N/c1-4-17(2,3)13-18-12-15-10-7-9-14-8-5-6-11-16(14)15/h5-11,18H,4,12-13H2,1-3H3. The summed E-state index contributed by atoms with van der Waals surface area (Å²) in [5.74, 6) is 0. The Morgan fingerprint density at radius 1 is 1.00 bits per heavy atom. The summed E-state index contributed by atoms with van der Waals surface area (Å²) in [5, 5.41) is 6.27. The summed E-state index contributed by atoms with van der Waals surface area (Å²) < 4.78 is 0. The molecule has 1 nitrogen and oxygen atoms in total. The molecule has 0 saturated carbocycles. The molecule has 0 bridgehead atoms. The molecule has 0 unspecified atom stereocenters. The van der Waals surface area contributed by atoms with Gasteiger partial charge in [0.15, 0.2) is 0 Å². The first kappa shape index (κ1) is 13.1. The lowest BCUT2D eigenvalue weighted by atomic mass is 9.90. The van der Waals surface area contributed by atoms with Gasteiger partial charge in [-0.05, 0) is 28.2 Å². The van der Waals surface area contributed by atoms with Crippen LogP contribution >= 0.6 is 0 Å². The Labute approximate surface area is 110 Å². The molecule has 0 amide bonds. The van der Waals surface area contributed by atoms with E-state index in [1.807, 2.05) is 0 Å². The highest BCUT2D eigenvalue weighted by Gasteiger charge is 2.13. The van der Waals surface area contributed by atoms with E-state index in [1.54, 1.807) is 0 Å². The van der Waals surface area contributed by atoms with Crippen LogP contribution in [0, 0.1) is 5.41 Å². The van der Waals surface area contributed by atoms with Crippen molar-refractivity contribution in [2.75, 3.05) is 6.54 Å². The van der Waals surface area contributed by atoms with Gasteiger partial charge in [0, 0.05) is 13.1 Å². The summed E-state index contributed by atoms with van der Waals surface area (Å²) in [4.78, 5) is 0. The van der Waals surface area contributed by atoms with Gasteiger partial charge in [0.1, 0.15) is 0 Å². The SMILES string of the molecule is CCC(C)(C)CNCc1cccc2ccccc12. The minimum atomic E-state index is 0.380. The van der Waals surface area contributed by atoms with Gasteiger partial charge in [-0.25, -0.2) is 0 Å². The second-order valence-corrected chi connectivity index (χ2v) is 5.76. The second-order valence-electron chi connectivity index (χ2n) is 5.76. The van der Waals surface area contributed by atoms with E-state index >= 15 is 0 Å². The molecular formula is C17H23N. The van der Waals surface area contributed by atoms with Crippen LogP contribution in [0.5, 0.6) is 0 Å². The smallest absolute Gasteiger partial charge is 0.0211 e. The maximum Gasteiger partial charge on any atom is 0.0211 e. The zero-order valence-electron chi connectivity index (χ0n) is 11.7. The minimum Gasteiger partial charge on any atom is -0.312 e. The number of benzene rings is 2. The van der Waals surface area contributed by atoms with Crippen molar-refractivity contribution in [1.82, 2.24) is 5.32 Å². The van der Waals surface area contributed by atoms with Crippen LogP contribution in [0.1, 0.15) is 32.8 Å². The van der Waals surface area contributed by atoms with Crippen LogP contribution < -0.4 is 5.32 Å². The van der Waals surface area contributed by atoms with Gasteiger partial charge in [-0.1, -0.05) is 63.2 Å². The van der Waals surface area contributed by atoms with E-state index in [2.05, 4.69) is 68.6 Å². The number of fused-ring (bicyclic) bond motifs is 1. The van der Waals surface area contributed by atoms with E-state index in [4.69, 9.17) is 0 Å². The maximum absolute atomic E-state index is 3.59. The highest BCUT2D eigenvalue weighted by molar-refractivity contribution is 5.85. The van der Waals surface area contributed by atoms with Crippen LogP contribution in [0.4, 0.5) is 0 Å². The van der Waals surface area contributed by atoms with Crippen molar-refractivity contribution in [3.05, 3.63) is 48.0 Å². The highest BCUT2D eigenvalue weighted by atomic mass is 14.9. The molecule has 1 N–H and O–H groups in total. The molecule has 0 heterocycles. The molecule has 0 aliphatic carbocycles. The Balaban J connectivity index is 2.08. The van der Waals surface area contributed by atoms with Gasteiger partial charge >= 0.3 is 0 Å². The number of rotatable bonds is 5. The van der Waals surface area contributed by atoms with E-state index in [0.717, 1.165) is 13.1 Å². The molecule has 0 radical (unpaired) electrons. The third-order valence-corrected chi connectivity index (χ3v) is 3.76. The molecule has 2 rings (SSSR count). The number of nitrogens with one attached hydrogen (secondary N) is 1. The summed E-state index contributed by atoms with van der Waals surface area (Å²) in [6.07, 6.45) is 1.20. The first-order chi connectivity index (χ1) is 8.62. The van der Waals surface area contributed by atoms with Crippen LogP contribution in [0.3, 0.4) is 0 Å². The summed E-state index contributed by atoms with van der Waals surface area (Å²) in [6.45, 7) is 8.88. The Morgan fingerprint density at radius 2 is 1.72 bits per heavy atom. The average molecular weight is 241 g/mol. The van der Waals surface area contributed by atoms with Gasteiger partial charge in [0.05, 0.1) is 0 Å². The monoisotopic (exact) mass is 241 g/mol. The molecule has 96 valence electrons. The summed E-state index contributed by atoms with van der Waals surface area (Å²) in [7, 11) is 0. The van der Waals surface area contributed by atoms with Crippen molar-refractivity contribution in [2.24, 2.45) is 5.41 Å². The molecule has 18 heavy (non-hydrogen) atoms. The molecular weight excluding hydrogens is 218 g/mol. The van der Waals surface area contributed by atoms with E-state index in [0.29, 0.717) is 5.41 Å². The first-order valence-corrected chi connectivity index (χ1v) is 6.80. The van der Waals surface area contributed by atoms with Gasteiger partial charge < -0.3 is 5.32 Å². The predicted octanol–water partition coefficient (Wildman–Crippen LogP) is 4.37. The van der Waals surface area contributed by atoms with Crippen LogP contribution in [0.25, 0.3) is 10.8 Å². The Kier molecular flexibility index (Phi) is 4.03. The van der Waals surface area contributed by atoms with Gasteiger partial charge in [-0.2, -0.15) is 0 Å². The number of hydrogen-bond donors (Lipinski definition) is 1. The van der Waals surface area contributed by atoms with Gasteiger partial charge in [-0.3, -0.25) is 0 Å². The maximum atomic E-state index is 3.59. The lowest BCUT2D eigenvalue weighted by Crippen LogP contribution is -2.28. The largest absolute Gasteiger partial charge is 0.312 e. The van der Waals surface area contributed by atoms with E-state index in [-0.39, 0.29) is 0 Å². The normalized spacial score (nSPS) is 11.9. The van der Waals surface area contributed by atoms with Crippen LogP contribution in [-0.2, 0) is 6.54 Å². The first-order valence-electron chi connectivity index (χ1n) is 6.80. The molecule has 2 aromatic carbocycles. The molecule has 0 saturated heterocycles. The third kappa shape index (κ3) is 3.11. The van der Waals surface area contributed by atoms with Gasteiger partial charge in [-0.15, -0.1) is 0 Å². The fraction of sp³-hybridized carbons (Fsp3) is 0.412. The van der Waals surface area contributed by atoms with Crippen molar-refractivity contribution < 1.29 is 0 Å². The highest BCUT2D eigenvalue weighted by Crippen LogP contribution is 2.20. The van der Waals surface area contributed by atoms with Crippen molar-refractivity contribution >= 4 is 10.8 Å². The molecule has 0 aliphatic heterocycles. The van der Waals surface area contributed by atoms with Crippen molar-refractivity contribution in [1.29, 1.82) is 0 Å². The van der Waals surface area contributed by atoms with E-state index < -0.39 is 0 Å². The van der Waals surface area contributed by atoms with Crippen LogP contribution in [-0.4, -0.2) is 6.54 Å². The van der Waals surface area contributed by atoms with Crippen molar-refractivity contribution in [3.8, 4) is 0 Å². The fourth-order valence-electron chi connectivity index (χ4n) is 2.11. The van der Waals surface area contributed by atoms with Gasteiger partial charge in [0.2, 0.25) is 0 Å². The summed E-state index contributed by atoms with van der Waals surface area (Å²) in [6, 6.07) is 15.1. The van der Waals surface area contributed by atoms with E-state index in [1.165, 1.54) is 22.8 Å². The zero-order valence-corrected chi connectivity index (χ0v) is 11.7. The predicted molar refractivity (Wildman–Crippen MR) is 79.7 cm³/mol. The molecule has 0 fully saturated rings. The van der Waals surface area contributed by atoms with E-state index in [9.17, 15) is 0 Å². The molecule has 2 aromatic rings. The topological polar surface area (TPSA) is 12.0 Å². The Morgan fingerprint density at radius 3 is 2.50 bits per heavy atom. The Hall–Kier alpha value is -1.34.